The largest absolute Gasteiger partial charge is 0.512 e. The normalized spacial score (nSPS) is 16.9. The first-order valence-corrected chi connectivity index (χ1v) is 22.4. The van der Waals surface area contributed by atoms with Crippen molar-refractivity contribution in [2.75, 3.05) is 0 Å². The Morgan fingerprint density at radius 1 is 0.980 bits per heavy atom. The summed E-state index contributed by atoms with van der Waals surface area (Å²) in [7, 11) is 0.757. The van der Waals surface area contributed by atoms with Crippen LogP contribution in [0.1, 0.15) is 109 Å². The third-order valence-electron chi connectivity index (χ3n) is 11.3. The van der Waals surface area contributed by atoms with E-state index in [4.69, 9.17) is 0 Å². The average Bonchev–Trinajstić information content (AvgIpc) is 3.31. The molecule has 4 aromatic rings. The Kier molecular flexibility index (Phi) is 12.5. The van der Waals surface area contributed by atoms with Gasteiger partial charge in [0.15, 0.2) is 17.7 Å². The first-order valence-electron chi connectivity index (χ1n) is 19.4. The molecule has 1 unspecified atom stereocenters. The van der Waals surface area contributed by atoms with Crippen LogP contribution >= 0.6 is 0 Å². The van der Waals surface area contributed by atoms with Gasteiger partial charge >= 0.3 is 0 Å². The van der Waals surface area contributed by atoms with Crippen LogP contribution in [0.2, 0.25) is 19.6 Å². The number of aryl methyl sites for hydroxylation is 1. The summed E-state index contributed by atoms with van der Waals surface area (Å²) in [6, 6.07) is 24.5. The van der Waals surface area contributed by atoms with Gasteiger partial charge in [0.05, 0.1) is 15.2 Å². The Bertz CT molecular complexity index is 2000. The number of allylic oxidation sites excluding steroid dienone is 3. The maximum absolute atomic E-state index is 11.7. The number of aliphatic hydroxyl groups excluding tert-OH is 1. The number of hydrogen-bond acceptors (Lipinski definition) is 2. The fourth-order valence-corrected chi connectivity index (χ4v) is 9.39. The van der Waals surface area contributed by atoms with Crippen LogP contribution in [0.15, 0.2) is 72.6 Å². The van der Waals surface area contributed by atoms with Gasteiger partial charge in [0, 0.05) is 55.1 Å². The molecule has 5 heteroatoms. The minimum absolute atomic E-state index is 0. The SMILES string of the molecule is CCC(CC)C(=O)/C=C(\O)C(CC)CC.[2H]C1=C(c2ccc([Si](C)(C)C)cc2)C2(C)Cc3c([c-]c4ccccc4c3C(C)C)-c3c2c1cc[n+]3C.[Ir]. The van der Waals surface area contributed by atoms with E-state index in [0.29, 0.717) is 12.0 Å². The standard InChI is InChI=1S/C33H35NSi.C13H24O2.Ir/c1-21(2)30-26-11-9-8-10-23(26)18-27-28(30)20-33(3)29(19-24-16-17-34(4)32(27)31(24)33)22-12-14-25(15-13-22)35(5,6)7;1-5-10(6-2)12(14)9-13(15)11(7-3)8-4;/h8-17,19,21H,20H2,1-7H3;9-11,14H,5-8H2,1-4H3;/b;12-9-;/i19D;;. The van der Waals surface area contributed by atoms with Crippen molar-refractivity contribution >= 4 is 41.4 Å². The predicted molar refractivity (Wildman–Crippen MR) is 216 cm³/mol. The molecule has 1 heterocycles. The summed E-state index contributed by atoms with van der Waals surface area (Å²) < 4.78 is 11.7. The van der Waals surface area contributed by atoms with Gasteiger partial charge in [-0.3, -0.25) is 4.79 Å². The van der Waals surface area contributed by atoms with Crippen LogP contribution in [0, 0.1) is 17.9 Å². The van der Waals surface area contributed by atoms with Gasteiger partial charge in [0.2, 0.25) is 0 Å². The third-order valence-corrected chi connectivity index (χ3v) is 13.3. The van der Waals surface area contributed by atoms with Crippen LogP contribution in [0.3, 0.4) is 0 Å². The number of fused-ring (bicyclic) bond motifs is 3. The Balaban J connectivity index is 0.000000323. The van der Waals surface area contributed by atoms with E-state index >= 15 is 0 Å². The van der Waals surface area contributed by atoms with Gasteiger partial charge in [-0.25, -0.2) is 4.57 Å². The molecule has 0 amide bonds. The number of pyridine rings is 1. The van der Waals surface area contributed by atoms with Crippen molar-refractivity contribution in [1.29, 1.82) is 0 Å². The molecule has 0 saturated heterocycles. The van der Waals surface area contributed by atoms with Crippen molar-refractivity contribution in [1.82, 2.24) is 0 Å². The zero-order chi connectivity index (χ0) is 37.4. The van der Waals surface area contributed by atoms with Crippen molar-refractivity contribution in [3.05, 3.63) is 107 Å². The molecule has 1 radical (unpaired) electrons. The second kappa shape index (κ2) is 16.3. The van der Waals surface area contributed by atoms with Gasteiger partial charge in [-0.1, -0.05) is 127 Å². The maximum atomic E-state index is 11.7. The number of nitrogens with zero attached hydrogens (tertiary/aromatic N) is 1. The minimum atomic E-state index is -1.39. The number of carbonyl (C=O) groups excluding carboxylic acids is 1. The average molecular weight is 879 g/mol. The second-order valence-corrected chi connectivity index (χ2v) is 21.1. The van der Waals surface area contributed by atoms with Crippen LogP contribution < -0.4 is 9.75 Å². The summed E-state index contributed by atoms with van der Waals surface area (Å²) >= 11 is 0. The number of rotatable bonds is 10. The van der Waals surface area contributed by atoms with Crippen molar-refractivity contribution in [3.8, 4) is 11.3 Å². The summed E-state index contributed by atoms with van der Waals surface area (Å²) in [5, 5.41) is 13.7. The second-order valence-electron chi connectivity index (χ2n) is 16.0. The summed E-state index contributed by atoms with van der Waals surface area (Å²) in [6.45, 7) is 22.2. The molecule has 2 aliphatic carbocycles. The molecule has 1 N–H and O–H groups in total. The molecular formula is C46H59IrNO2Si. The molecule has 0 bridgehead atoms. The number of benzene rings is 3. The van der Waals surface area contributed by atoms with Crippen LogP contribution in [0.5, 0.6) is 0 Å². The van der Waals surface area contributed by atoms with Gasteiger partial charge in [0.1, 0.15) is 7.05 Å². The van der Waals surface area contributed by atoms with E-state index < -0.39 is 8.07 Å². The van der Waals surface area contributed by atoms with E-state index in [2.05, 4.69) is 119 Å². The molecule has 273 valence electrons. The molecule has 1 aromatic heterocycles. The van der Waals surface area contributed by atoms with Crippen molar-refractivity contribution in [2.24, 2.45) is 18.9 Å². The Labute approximate surface area is 324 Å². The van der Waals surface area contributed by atoms with E-state index in [-0.39, 0.29) is 48.9 Å². The Morgan fingerprint density at radius 2 is 1.59 bits per heavy atom. The number of hydrogen-bond donors (Lipinski definition) is 1. The molecular weight excluding hydrogens is 819 g/mol. The molecule has 0 fully saturated rings. The van der Waals surface area contributed by atoms with Gasteiger partial charge in [0.25, 0.3) is 0 Å². The van der Waals surface area contributed by atoms with E-state index in [1.165, 1.54) is 61.1 Å². The molecule has 6 rings (SSSR count). The Hall–Kier alpha value is -3.11. The molecule has 0 spiro atoms. The molecule has 1 atom stereocenters. The topological polar surface area (TPSA) is 41.2 Å². The van der Waals surface area contributed by atoms with Crippen LogP contribution in [-0.4, -0.2) is 19.0 Å². The van der Waals surface area contributed by atoms with Crippen molar-refractivity contribution in [3.63, 3.8) is 0 Å². The van der Waals surface area contributed by atoms with Crippen LogP contribution in [0.4, 0.5) is 0 Å². The molecule has 0 aliphatic heterocycles. The fourth-order valence-electron chi connectivity index (χ4n) is 8.23. The van der Waals surface area contributed by atoms with Gasteiger partial charge in [-0.2, -0.15) is 0 Å². The smallest absolute Gasteiger partial charge is 0.162 e. The summed E-state index contributed by atoms with van der Waals surface area (Å²) in [5.41, 5.74) is 9.76. The van der Waals surface area contributed by atoms with Gasteiger partial charge in [-0.05, 0) is 60.3 Å². The van der Waals surface area contributed by atoms with E-state index in [1.807, 2.05) is 27.7 Å². The summed E-state index contributed by atoms with van der Waals surface area (Å²) in [6.07, 6.45) is 7.94. The minimum Gasteiger partial charge on any atom is -0.512 e. The molecule has 2 aliphatic rings. The van der Waals surface area contributed by atoms with Crippen molar-refractivity contribution < 1.29 is 35.9 Å². The predicted octanol–water partition coefficient (Wildman–Crippen LogP) is 11.0. The zero-order valence-electron chi connectivity index (χ0n) is 33.8. The van der Waals surface area contributed by atoms with Crippen molar-refractivity contribution in [2.45, 2.75) is 112 Å². The molecule has 0 saturated carbocycles. The first-order chi connectivity index (χ1) is 24.1. The molecule has 51 heavy (non-hydrogen) atoms. The molecule has 3 aromatic carbocycles. The monoisotopic (exact) mass is 879 g/mol. The van der Waals surface area contributed by atoms with E-state index in [9.17, 15) is 11.3 Å². The first kappa shape index (κ1) is 39.1. The Morgan fingerprint density at radius 3 is 2.16 bits per heavy atom. The maximum Gasteiger partial charge on any atom is 0.162 e. The fraction of sp³-hybridized carbons (Fsp3) is 0.435. The zero-order valence-corrected chi connectivity index (χ0v) is 36.1. The number of aromatic nitrogens is 1. The third kappa shape index (κ3) is 7.82. The number of aliphatic hydroxyl groups is 1. The molecule has 3 nitrogen and oxygen atoms in total. The number of ketones is 1. The summed E-state index contributed by atoms with van der Waals surface area (Å²) in [5.74, 6) is 0.948. The number of carbonyl (C=O) groups is 1. The van der Waals surface area contributed by atoms with Gasteiger partial charge < -0.3 is 5.11 Å². The quantitative estimate of drug-likeness (QED) is 0.0567. The summed E-state index contributed by atoms with van der Waals surface area (Å²) in [4.78, 5) is 11.7. The van der Waals surface area contributed by atoms with E-state index in [1.54, 1.807) is 0 Å². The van der Waals surface area contributed by atoms with Crippen LogP contribution in [-0.2, 0) is 43.8 Å². The van der Waals surface area contributed by atoms with Gasteiger partial charge in [-0.15, -0.1) is 28.6 Å². The van der Waals surface area contributed by atoms with E-state index in [0.717, 1.165) is 37.7 Å². The van der Waals surface area contributed by atoms with Crippen LogP contribution in [0.25, 0.3) is 33.7 Å².